The lowest BCUT2D eigenvalue weighted by atomic mass is 9.87. The van der Waals surface area contributed by atoms with E-state index in [1.807, 2.05) is 12.2 Å². The fraction of sp³-hybridized carbons (Fsp3) is 0.500. The van der Waals surface area contributed by atoms with Crippen molar-refractivity contribution in [1.29, 1.82) is 0 Å². The Morgan fingerprint density at radius 2 is 2.00 bits per heavy atom. The molecule has 1 aliphatic rings. The van der Waals surface area contributed by atoms with Crippen LogP contribution in [0.25, 0.3) is 0 Å². The van der Waals surface area contributed by atoms with Crippen LogP contribution in [0.3, 0.4) is 0 Å². The first-order valence-corrected chi connectivity index (χ1v) is 6.60. The van der Waals surface area contributed by atoms with Crippen molar-refractivity contribution in [3.8, 4) is 0 Å². The summed E-state index contributed by atoms with van der Waals surface area (Å²) in [6.07, 6.45) is 11.6. The highest BCUT2D eigenvalue weighted by Gasteiger charge is 2.19. The van der Waals surface area contributed by atoms with Crippen molar-refractivity contribution < 1.29 is 0 Å². The zero-order valence-electron chi connectivity index (χ0n) is 11.2. The summed E-state index contributed by atoms with van der Waals surface area (Å²) in [4.78, 5) is 0. The second-order valence-electron chi connectivity index (χ2n) is 4.80. The molecular weight excluding hydrogens is 206 g/mol. The molecule has 1 fully saturated rings. The average Bonchev–Trinajstić information content (AvgIpc) is 2.32. The monoisotopic (exact) mass is 231 g/mol. The first kappa shape index (κ1) is 14.0. The van der Waals surface area contributed by atoms with Crippen LogP contribution in [-0.2, 0) is 0 Å². The largest absolute Gasteiger partial charge is 0.310 e. The van der Waals surface area contributed by atoms with Crippen LogP contribution in [0.1, 0.15) is 33.1 Å². The first-order chi connectivity index (χ1) is 8.22. The van der Waals surface area contributed by atoms with E-state index in [0.717, 1.165) is 25.3 Å². The molecule has 0 aliphatic carbocycles. The van der Waals surface area contributed by atoms with Crippen molar-refractivity contribution in [2.45, 2.75) is 39.2 Å². The Hall–Kier alpha value is -1.08. The molecule has 94 valence electrons. The number of nitrogens with one attached hydrogen (secondary N) is 1. The molecule has 1 N–H and O–H groups in total. The normalized spacial score (nSPS) is 30.9. The molecule has 0 aromatic carbocycles. The molecule has 1 saturated heterocycles. The van der Waals surface area contributed by atoms with E-state index in [-0.39, 0.29) is 0 Å². The van der Waals surface area contributed by atoms with E-state index >= 15 is 0 Å². The van der Waals surface area contributed by atoms with Crippen LogP contribution in [0, 0.1) is 5.92 Å². The minimum Gasteiger partial charge on any atom is -0.310 e. The molecule has 1 nitrogen and oxygen atoms in total. The Balaban J connectivity index is 3.03. The molecule has 2 unspecified atom stereocenters. The molecule has 1 heterocycles. The van der Waals surface area contributed by atoms with Crippen molar-refractivity contribution in [2.75, 3.05) is 6.54 Å². The number of hydrogen-bond acceptors (Lipinski definition) is 1. The van der Waals surface area contributed by atoms with E-state index in [0.29, 0.717) is 6.04 Å². The van der Waals surface area contributed by atoms with Gasteiger partial charge in [-0.2, -0.15) is 0 Å². The summed E-state index contributed by atoms with van der Waals surface area (Å²) in [5.74, 6) is 0.738. The zero-order chi connectivity index (χ0) is 12.7. The minimum absolute atomic E-state index is 0.446. The van der Waals surface area contributed by atoms with Crippen molar-refractivity contribution >= 4 is 0 Å². The van der Waals surface area contributed by atoms with Crippen LogP contribution >= 0.6 is 0 Å². The Morgan fingerprint density at radius 1 is 1.29 bits per heavy atom. The third-order valence-electron chi connectivity index (χ3n) is 3.39. The Bertz CT molecular complexity index is 322. The highest BCUT2D eigenvalue weighted by Crippen LogP contribution is 2.26. The predicted octanol–water partition coefficient (Wildman–Crippen LogP) is 4.01. The Labute approximate surface area is 106 Å². The summed E-state index contributed by atoms with van der Waals surface area (Å²) in [5.41, 5.74) is 2.79. The molecule has 1 aliphatic heterocycles. The van der Waals surface area contributed by atoms with Crippen LogP contribution in [0.4, 0.5) is 0 Å². The summed E-state index contributed by atoms with van der Waals surface area (Å²) in [6.45, 7) is 13.3. The van der Waals surface area contributed by atoms with Crippen LogP contribution < -0.4 is 5.32 Å². The van der Waals surface area contributed by atoms with Gasteiger partial charge in [-0.15, -0.1) is 0 Å². The SMILES string of the molecule is C=C/C=C1/CCC(C)CNC(CC)/C1=C/C=C. The Morgan fingerprint density at radius 3 is 2.59 bits per heavy atom. The van der Waals surface area contributed by atoms with Gasteiger partial charge in [0.15, 0.2) is 0 Å². The maximum absolute atomic E-state index is 3.83. The fourth-order valence-electron chi connectivity index (χ4n) is 2.36. The van der Waals surface area contributed by atoms with Gasteiger partial charge in [0, 0.05) is 6.04 Å². The highest BCUT2D eigenvalue weighted by atomic mass is 14.9. The quantitative estimate of drug-likeness (QED) is 0.774. The summed E-state index contributed by atoms with van der Waals surface area (Å²) >= 11 is 0. The number of rotatable bonds is 3. The summed E-state index contributed by atoms with van der Waals surface area (Å²) in [7, 11) is 0. The van der Waals surface area contributed by atoms with Crippen molar-refractivity contribution in [2.24, 2.45) is 5.92 Å². The summed E-state index contributed by atoms with van der Waals surface area (Å²) in [5, 5.41) is 3.65. The molecule has 1 heteroatoms. The second-order valence-corrected chi connectivity index (χ2v) is 4.80. The highest BCUT2D eigenvalue weighted by molar-refractivity contribution is 5.39. The summed E-state index contributed by atoms with van der Waals surface area (Å²) in [6, 6.07) is 0.446. The van der Waals surface area contributed by atoms with Crippen molar-refractivity contribution in [1.82, 2.24) is 5.32 Å². The molecule has 0 amide bonds. The lowest BCUT2D eigenvalue weighted by Gasteiger charge is -2.28. The molecule has 17 heavy (non-hydrogen) atoms. The smallest absolute Gasteiger partial charge is 0.0320 e. The predicted molar refractivity (Wildman–Crippen MR) is 77.0 cm³/mol. The maximum atomic E-state index is 3.83. The standard InChI is InChI=1S/C16H25N/c1-5-8-14-11-10-13(4)12-17-16(7-3)15(14)9-6-2/h5-6,8-9,13,16-17H,1-2,7,10-12H2,3-4H3/b14-8-,15-9+. The van der Waals surface area contributed by atoms with E-state index in [9.17, 15) is 0 Å². The fourth-order valence-corrected chi connectivity index (χ4v) is 2.36. The first-order valence-electron chi connectivity index (χ1n) is 6.60. The molecular formula is C16H25N. The van der Waals surface area contributed by atoms with Crippen molar-refractivity contribution in [3.63, 3.8) is 0 Å². The van der Waals surface area contributed by atoms with Gasteiger partial charge in [0.1, 0.15) is 0 Å². The van der Waals surface area contributed by atoms with Gasteiger partial charge in [0.25, 0.3) is 0 Å². The number of hydrogen-bond donors (Lipinski definition) is 1. The van der Waals surface area contributed by atoms with Crippen molar-refractivity contribution in [3.05, 3.63) is 48.6 Å². The third-order valence-corrected chi connectivity index (χ3v) is 3.39. The van der Waals surface area contributed by atoms with Gasteiger partial charge >= 0.3 is 0 Å². The average molecular weight is 231 g/mol. The minimum atomic E-state index is 0.446. The van der Waals surface area contributed by atoms with E-state index in [1.54, 1.807) is 0 Å². The van der Waals surface area contributed by atoms with Gasteiger partial charge in [-0.3, -0.25) is 0 Å². The molecule has 0 aromatic heterocycles. The molecule has 0 aromatic rings. The molecule has 1 rings (SSSR count). The van der Waals surface area contributed by atoms with Gasteiger partial charge < -0.3 is 5.32 Å². The van der Waals surface area contributed by atoms with Crippen LogP contribution in [0.2, 0.25) is 0 Å². The molecule has 2 atom stereocenters. The van der Waals surface area contributed by atoms with Crippen LogP contribution in [0.15, 0.2) is 48.6 Å². The topological polar surface area (TPSA) is 12.0 Å². The molecule has 0 spiro atoms. The molecule has 0 radical (unpaired) electrons. The van der Waals surface area contributed by atoms with Crippen LogP contribution in [-0.4, -0.2) is 12.6 Å². The van der Waals surface area contributed by atoms with Gasteiger partial charge in [0.2, 0.25) is 0 Å². The Kier molecular flexibility index (Phi) is 5.99. The lowest BCUT2D eigenvalue weighted by molar-refractivity contribution is 0.427. The molecule has 0 saturated carbocycles. The van der Waals surface area contributed by atoms with Crippen LogP contribution in [0.5, 0.6) is 0 Å². The number of allylic oxidation sites excluding steroid dienone is 4. The summed E-state index contributed by atoms with van der Waals surface area (Å²) < 4.78 is 0. The maximum Gasteiger partial charge on any atom is 0.0320 e. The second kappa shape index (κ2) is 7.29. The van der Waals surface area contributed by atoms with Gasteiger partial charge in [-0.05, 0) is 42.9 Å². The van der Waals surface area contributed by atoms with Gasteiger partial charge in [-0.1, -0.05) is 51.3 Å². The van der Waals surface area contributed by atoms with E-state index in [1.165, 1.54) is 17.6 Å². The molecule has 0 bridgehead atoms. The van der Waals surface area contributed by atoms with E-state index in [4.69, 9.17) is 0 Å². The third kappa shape index (κ3) is 4.01. The zero-order valence-corrected chi connectivity index (χ0v) is 11.2. The lowest BCUT2D eigenvalue weighted by Crippen LogP contribution is -2.36. The van der Waals surface area contributed by atoms with E-state index in [2.05, 4.69) is 44.5 Å². The van der Waals surface area contributed by atoms with Gasteiger partial charge in [-0.25, -0.2) is 0 Å². The van der Waals surface area contributed by atoms with E-state index < -0.39 is 0 Å². The van der Waals surface area contributed by atoms with Gasteiger partial charge in [0.05, 0.1) is 0 Å².